The summed E-state index contributed by atoms with van der Waals surface area (Å²) in [5.41, 5.74) is 0. The molecule has 0 aromatic carbocycles. The van der Waals surface area contributed by atoms with E-state index in [0.29, 0.717) is 0 Å². The van der Waals surface area contributed by atoms with Crippen LogP contribution in [0.5, 0.6) is 0 Å². The van der Waals surface area contributed by atoms with Crippen LogP contribution in [0.3, 0.4) is 0 Å². The lowest BCUT2D eigenvalue weighted by atomic mass is 10.3. The minimum absolute atomic E-state index is 0.250. The fourth-order valence-electron chi connectivity index (χ4n) is 0. The van der Waals surface area contributed by atoms with Crippen molar-refractivity contribution in [1.29, 1.82) is 0 Å². The van der Waals surface area contributed by atoms with Gasteiger partial charge in [0.25, 0.3) is 0 Å². The number of carbonyl (C=O) groups is 1. The Kier molecular flexibility index (Phi) is 6.19. The molecule has 0 fully saturated rings. The standard InChI is InChI=1S/C4H11NOS.C2HF3O2/c1-4(2,3)7(5)6;3-2(4,5)1(6)7/h5H2,1-3H3;(H,6,7). The largest absolute Gasteiger partial charge is 0.598 e. The zero-order valence-corrected chi connectivity index (χ0v) is 8.70. The molecular formula is C6H12F3NO3S. The molecule has 3 N–H and O–H groups in total. The van der Waals surface area contributed by atoms with Crippen LogP contribution in [0.4, 0.5) is 13.2 Å². The minimum Gasteiger partial charge on any atom is -0.598 e. The number of alkyl halides is 3. The van der Waals surface area contributed by atoms with Crippen molar-refractivity contribution in [1.82, 2.24) is 0 Å². The van der Waals surface area contributed by atoms with Gasteiger partial charge in [-0.05, 0) is 20.8 Å². The SMILES string of the molecule is CC(C)(C)[S+](N)[O-].O=C(O)C(F)(F)F. The second-order valence-electron chi connectivity index (χ2n) is 3.21. The van der Waals surface area contributed by atoms with E-state index in [0.717, 1.165) is 0 Å². The lowest BCUT2D eigenvalue weighted by Crippen LogP contribution is -2.34. The number of rotatable bonds is 0. The molecule has 0 aliphatic rings. The van der Waals surface area contributed by atoms with Gasteiger partial charge in [0.2, 0.25) is 0 Å². The molecule has 1 atom stereocenters. The van der Waals surface area contributed by atoms with E-state index in [1.807, 2.05) is 20.8 Å². The van der Waals surface area contributed by atoms with Crippen molar-refractivity contribution in [3.8, 4) is 0 Å². The first-order chi connectivity index (χ1) is 5.89. The highest BCUT2D eigenvalue weighted by molar-refractivity contribution is 7.90. The molecule has 4 nitrogen and oxygen atoms in total. The van der Waals surface area contributed by atoms with Crippen molar-refractivity contribution in [3.05, 3.63) is 0 Å². The van der Waals surface area contributed by atoms with Gasteiger partial charge in [-0.1, -0.05) is 0 Å². The van der Waals surface area contributed by atoms with Crippen LogP contribution in [-0.4, -0.2) is 26.6 Å². The van der Waals surface area contributed by atoms with Gasteiger partial charge >= 0.3 is 12.1 Å². The summed E-state index contributed by atoms with van der Waals surface area (Å²) in [4.78, 5) is 8.90. The summed E-state index contributed by atoms with van der Waals surface area (Å²) in [5, 5.41) is 12.2. The molecule has 0 aliphatic carbocycles. The molecule has 0 heterocycles. The maximum Gasteiger partial charge on any atom is 0.490 e. The van der Waals surface area contributed by atoms with Gasteiger partial charge in [-0.3, -0.25) is 0 Å². The number of aliphatic carboxylic acids is 1. The Morgan fingerprint density at radius 1 is 1.36 bits per heavy atom. The average Bonchev–Trinajstić information content (AvgIpc) is 1.83. The van der Waals surface area contributed by atoms with E-state index in [9.17, 15) is 17.7 Å². The fourth-order valence-corrected chi connectivity index (χ4v) is 0. The number of hydrogen-bond donors (Lipinski definition) is 2. The van der Waals surface area contributed by atoms with Gasteiger partial charge in [0.1, 0.15) is 4.75 Å². The maximum absolute atomic E-state index is 10.6. The quantitative estimate of drug-likeness (QED) is 0.614. The molecule has 14 heavy (non-hydrogen) atoms. The molecule has 0 rings (SSSR count). The number of hydrogen-bond acceptors (Lipinski definition) is 3. The van der Waals surface area contributed by atoms with E-state index in [4.69, 9.17) is 15.0 Å². The smallest absolute Gasteiger partial charge is 0.490 e. The minimum atomic E-state index is -5.08. The summed E-state index contributed by atoms with van der Waals surface area (Å²) >= 11 is -1.18. The lowest BCUT2D eigenvalue weighted by Gasteiger charge is -2.17. The summed E-state index contributed by atoms with van der Waals surface area (Å²) in [5.74, 6) is -2.76. The molecule has 0 aliphatic heterocycles. The Morgan fingerprint density at radius 2 is 1.50 bits per heavy atom. The molecule has 1 unspecified atom stereocenters. The zero-order chi connectivity index (χ0) is 12.2. The van der Waals surface area contributed by atoms with E-state index in [-0.39, 0.29) is 4.75 Å². The third kappa shape index (κ3) is 9.62. The topological polar surface area (TPSA) is 86.4 Å². The fraction of sp³-hybridized carbons (Fsp3) is 0.833. The highest BCUT2D eigenvalue weighted by Gasteiger charge is 2.38. The van der Waals surface area contributed by atoms with Crippen LogP contribution in [0.15, 0.2) is 0 Å². The summed E-state index contributed by atoms with van der Waals surface area (Å²) < 4.78 is 41.8. The molecule has 8 heteroatoms. The van der Waals surface area contributed by atoms with Crippen molar-refractivity contribution in [2.24, 2.45) is 5.14 Å². The average molecular weight is 235 g/mol. The predicted octanol–water partition coefficient (Wildman–Crippen LogP) is 1.04. The second kappa shape index (κ2) is 5.42. The highest BCUT2D eigenvalue weighted by Crippen LogP contribution is 2.13. The van der Waals surface area contributed by atoms with Crippen LogP contribution in [0.2, 0.25) is 0 Å². The van der Waals surface area contributed by atoms with E-state index in [2.05, 4.69) is 0 Å². The van der Waals surface area contributed by atoms with E-state index in [1.165, 1.54) is 0 Å². The van der Waals surface area contributed by atoms with E-state index < -0.39 is 23.5 Å². The molecule has 0 bridgehead atoms. The molecule has 0 saturated heterocycles. The van der Waals surface area contributed by atoms with Gasteiger partial charge in [-0.15, -0.1) is 0 Å². The number of nitrogens with two attached hydrogens (primary N) is 1. The molecule has 0 amide bonds. The Morgan fingerprint density at radius 3 is 1.50 bits per heavy atom. The van der Waals surface area contributed by atoms with Crippen LogP contribution < -0.4 is 5.14 Å². The molecule has 0 aromatic heterocycles. The van der Waals surface area contributed by atoms with Gasteiger partial charge in [-0.2, -0.15) is 18.3 Å². The van der Waals surface area contributed by atoms with Crippen molar-refractivity contribution >= 4 is 17.3 Å². The first-order valence-electron chi connectivity index (χ1n) is 3.35. The molecule has 0 saturated carbocycles. The molecular weight excluding hydrogens is 223 g/mol. The third-order valence-corrected chi connectivity index (χ3v) is 2.05. The Bertz CT molecular complexity index is 188. The monoisotopic (exact) mass is 235 g/mol. The van der Waals surface area contributed by atoms with Gasteiger partial charge in [0.15, 0.2) is 0 Å². The number of carboxylic acid groups (broad SMARTS) is 1. The number of carboxylic acids is 1. The zero-order valence-electron chi connectivity index (χ0n) is 7.88. The van der Waals surface area contributed by atoms with Crippen molar-refractivity contribution < 1.29 is 27.6 Å². The van der Waals surface area contributed by atoms with Crippen LogP contribution in [0, 0.1) is 0 Å². The van der Waals surface area contributed by atoms with Crippen LogP contribution >= 0.6 is 0 Å². The number of halogens is 3. The second-order valence-corrected chi connectivity index (χ2v) is 5.03. The Hall–Kier alpha value is -0.470. The highest BCUT2D eigenvalue weighted by atomic mass is 32.2. The normalized spacial score (nSPS) is 14.0. The summed E-state index contributed by atoms with van der Waals surface area (Å²) in [7, 11) is 0. The molecule has 0 aromatic rings. The Labute approximate surface area is 82.6 Å². The molecule has 0 spiro atoms. The van der Waals surface area contributed by atoms with Gasteiger partial charge in [0, 0.05) is 11.4 Å². The van der Waals surface area contributed by atoms with Gasteiger partial charge in [-0.25, -0.2) is 4.79 Å². The van der Waals surface area contributed by atoms with Crippen molar-refractivity contribution in [3.63, 3.8) is 0 Å². The van der Waals surface area contributed by atoms with Crippen molar-refractivity contribution in [2.75, 3.05) is 0 Å². The first kappa shape index (κ1) is 16.0. The van der Waals surface area contributed by atoms with Gasteiger partial charge in [0.05, 0.1) is 0 Å². The third-order valence-electron chi connectivity index (χ3n) is 0.846. The van der Waals surface area contributed by atoms with Crippen LogP contribution in [-0.2, 0) is 16.2 Å². The lowest BCUT2D eigenvalue weighted by molar-refractivity contribution is -0.192. The predicted molar refractivity (Wildman–Crippen MR) is 45.8 cm³/mol. The van der Waals surface area contributed by atoms with Crippen LogP contribution in [0.25, 0.3) is 0 Å². The van der Waals surface area contributed by atoms with Crippen LogP contribution in [0.1, 0.15) is 20.8 Å². The van der Waals surface area contributed by atoms with E-state index in [1.54, 1.807) is 0 Å². The molecule has 0 radical (unpaired) electrons. The summed E-state index contributed by atoms with van der Waals surface area (Å²) in [6.07, 6.45) is -5.08. The summed E-state index contributed by atoms with van der Waals surface area (Å²) in [6.45, 7) is 5.51. The van der Waals surface area contributed by atoms with E-state index >= 15 is 0 Å². The Balaban J connectivity index is 0. The maximum atomic E-state index is 10.6. The summed E-state index contributed by atoms with van der Waals surface area (Å²) in [6, 6.07) is 0. The van der Waals surface area contributed by atoms with Gasteiger partial charge < -0.3 is 9.66 Å². The molecule has 86 valence electrons. The first-order valence-corrected chi connectivity index (χ1v) is 4.56. The van der Waals surface area contributed by atoms with Crippen molar-refractivity contribution in [2.45, 2.75) is 31.7 Å².